The smallest absolute Gasteiger partial charge is 0.169 e. The summed E-state index contributed by atoms with van der Waals surface area (Å²) in [7, 11) is 0. The van der Waals surface area contributed by atoms with Gasteiger partial charge in [-0.3, -0.25) is 0 Å². The number of rotatable bonds is 2. The van der Waals surface area contributed by atoms with Crippen LogP contribution in [0.4, 0.5) is 0 Å². The van der Waals surface area contributed by atoms with E-state index in [4.69, 9.17) is 0 Å². The molecule has 2 aromatic rings. The fraction of sp³-hybridized carbons (Fsp3) is 0.222. The Kier molecular flexibility index (Phi) is 2.31. The lowest BCUT2D eigenvalue weighted by atomic mass is 10.2. The van der Waals surface area contributed by atoms with Crippen molar-refractivity contribution in [3.63, 3.8) is 0 Å². The van der Waals surface area contributed by atoms with Gasteiger partial charge in [0.1, 0.15) is 6.54 Å². The van der Waals surface area contributed by atoms with Crippen molar-refractivity contribution in [2.24, 2.45) is 0 Å². The zero-order valence-corrected chi connectivity index (χ0v) is 8.16. The first kappa shape index (κ1) is 8.31. The van der Waals surface area contributed by atoms with E-state index in [9.17, 15) is 0 Å². The molecule has 2 rings (SSSR count). The largest absolute Gasteiger partial charge is 0.205 e. The third-order valence-corrected chi connectivity index (χ3v) is 2.62. The van der Waals surface area contributed by atoms with Crippen molar-refractivity contribution in [3.8, 4) is 10.4 Å². The molecular formula is C9H10N3S+. The maximum Gasteiger partial charge on any atom is 0.169 e. The molecular weight excluding hydrogens is 182 g/mol. The topological polar surface area (TPSA) is 29.7 Å². The average molecular weight is 192 g/mol. The average Bonchev–Trinajstić information content (AvgIpc) is 2.71. The van der Waals surface area contributed by atoms with Crippen molar-refractivity contribution in [1.29, 1.82) is 0 Å². The lowest BCUT2D eigenvalue weighted by Gasteiger charge is -1.93. The molecule has 0 atom stereocenters. The van der Waals surface area contributed by atoms with Crippen LogP contribution in [0, 0.1) is 0 Å². The highest BCUT2D eigenvalue weighted by atomic mass is 32.1. The molecule has 0 aliphatic heterocycles. The Morgan fingerprint density at radius 2 is 2.15 bits per heavy atom. The van der Waals surface area contributed by atoms with Gasteiger partial charge in [0.05, 0.1) is 11.1 Å². The van der Waals surface area contributed by atoms with Crippen LogP contribution in [0.25, 0.3) is 10.4 Å². The lowest BCUT2D eigenvalue weighted by molar-refractivity contribution is -0.693. The summed E-state index contributed by atoms with van der Waals surface area (Å²) in [5, 5.41) is 3.80. The minimum absolute atomic E-state index is 1.00. The molecule has 0 spiro atoms. The van der Waals surface area contributed by atoms with E-state index in [1.54, 1.807) is 6.20 Å². The van der Waals surface area contributed by atoms with Crippen LogP contribution in [0.1, 0.15) is 6.92 Å². The Hall–Kier alpha value is -1.29. The van der Waals surface area contributed by atoms with Gasteiger partial charge in [-0.15, -0.1) is 5.10 Å². The molecule has 2 aromatic heterocycles. The van der Waals surface area contributed by atoms with Gasteiger partial charge in [0.25, 0.3) is 0 Å². The van der Waals surface area contributed by atoms with Crippen LogP contribution in [-0.4, -0.2) is 9.59 Å². The molecule has 0 saturated carbocycles. The van der Waals surface area contributed by atoms with Crippen molar-refractivity contribution < 1.29 is 4.57 Å². The molecule has 0 bridgehead atoms. The summed E-state index contributed by atoms with van der Waals surface area (Å²) in [5.74, 6) is 0. The van der Waals surface area contributed by atoms with Crippen LogP contribution in [0.15, 0.2) is 30.7 Å². The monoisotopic (exact) mass is 192 g/mol. The van der Waals surface area contributed by atoms with Crippen LogP contribution in [0.3, 0.4) is 0 Å². The van der Waals surface area contributed by atoms with Crippen LogP contribution in [0.5, 0.6) is 0 Å². The number of nitrogens with zero attached hydrogens (tertiary/aromatic N) is 3. The summed E-state index contributed by atoms with van der Waals surface area (Å²) in [6.07, 6.45) is 5.92. The summed E-state index contributed by atoms with van der Waals surface area (Å²) in [6, 6.07) is 4.16. The first-order valence-electron chi connectivity index (χ1n) is 4.17. The second-order valence-electron chi connectivity index (χ2n) is 2.70. The van der Waals surface area contributed by atoms with E-state index in [0.29, 0.717) is 0 Å². The quantitative estimate of drug-likeness (QED) is 0.675. The van der Waals surface area contributed by atoms with Crippen molar-refractivity contribution in [1.82, 2.24) is 9.59 Å². The van der Waals surface area contributed by atoms with Gasteiger partial charge in [-0.05, 0) is 18.5 Å². The van der Waals surface area contributed by atoms with Crippen LogP contribution in [0.2, 0.25) is 0 Å². The Morgan fingerprint density at radius 3 is 2.69 bits per heavy atom. The molecule has 0 unspecified atom stereocenters. The second-order valence-corrected chi connectivity index (χ2v) is 3.48. The highest BCUT2D eigenvalue weighted by Crippen LogP contribution is 2.19. The lowest BCUT2D eigenvalue weighted by Crippen LogP contribution is -2.30. The van der Waals surface area contributed by atoms with E-state index in [0.717, 1.165) is 11.4 Å². The number of aromatic nitrogens is 3. The maximum atomic E-state index is 3.83. The summed E-state index contributed by atoms with van der Waals surface area (Å²) in [6.45, 7) is 3.12. The zero-order valence-electron chi connectivity index (χ0n) is 7.34. The number of aryl methyl sites for hydroxylation is 1. The molecule has 0 fully saturated rings. The molecule has 3 nitrogen and oxygen atoms in total. The van der Waals surface area contributed by atoms with Crippen LogP contribution < -0.4 is 4.57 Å². The van der Waals surface area contributed by atoms with Gasteiger partial charge < -0.3 is 0 Å². The summed E-state index contributed by atoms with van der Waals surface area (Å²) in [5.41, 5.74) is 1.18. The first-order valence-corrected chi connectivity index (χ1v) is 4.94. The van der Waals surface area contributed by atoms with E-state index in [1.807, 2.05) is 0 Å². The van der Waals surface area contributed by atoms with E-state index < -0.39 is 0 Å². The van der Waals surface area contributed by atoms with Crippen LogP contribution in [-0.2, 0) is 6.54 Å². The minimum Gasteiger partial charge on any atom is -0.205 e. The maximum absolute atomic E-state index is 3.83. The zero-order chi connectivity index (χ0) is 9.10. The molecule has 13 heavy (non-hydrogen) atoms. The Labute approximate surface area is 80.8 Å². The SMILES string of the molecule is CC[n+]1ccc(-c2cnns2)cc1. The van der Waals surface area contributed by atoms with Crippen molar-refractivity contribution in [3.05, 3.63) is 30.7 Å². The standard InChI is InChI=1S/C9H10N3S/c1-2-12-5-3-8(4-6-12)9-7-10-11-13-9/h3-7H,2H2,1H3/q+1. The van der Waals surface area contributed by atoms with Gasteiger partial charge in [-0.25, -0.2) is 4.57 Å². The van der Waals surface area contributed by atoms with Crippen molar-refractivity contribution >= 4 is 11.5 Å². The Balaban J connectivity index is 2.33. The third-order valence-electron chi connectivity index (χ3n) is 1.90. The van der Waals surface area contributed by atoms with Crippen molar-refractivity contribution in [2.75, 3.05) is 0 Å². The normalized spacial score (nSPS) is 10.2. The molecule has 0 aliphatic rings. The first-order chi connectivity index (χ1) is 6.40. The van der Waals surface area contributed by atoms with Gasteiger partial charge in [-0.1, -0.05) is 4.49 Å². The summed E-state index contributed by atoms with van der Waals surface area (Å²) < 4.78 is 5.95. The summed E-state index contributed by atoms with van der Waals surface area (Å²) in [4.78, 5) is 1.11. The van der Waals surface area contributed by atoms with Gasteiger partial charge in [0, 0.05) is 17.7 Å². The highest BCUT2D eigenvalue weighted by molar-refractivity contribution is 7.09. The van der Waals surface area contributed by atoms with Crippen LogP contribution >= 0.6 is 11.5 Å². The molecule has 0 saturated heterocycles. The third kappa shape index (κ3) is 1.72. The number of pyridine rings is 1. The molecule has 0 N–H and O–H groups in total. The van der Waals surface area contributed by atoms with Gasteiger partial charge in [0.2, 0.25) is 0 Å². The minimum atomic E-state index is 1.00. The fourth-order valence-electron chi connectivity index (χ4n) is 1.13. The molecule has 0 aliphatic carbocycles. The fourth-order valence-corrected chi connectivity index (χ4v) is 1.64. The van der Waals surface area contributed by atoms with E-state index in [2.05, 4.69) is 45.6 Å². The predicted molar refractivity (Wildman–Crippen MR) is 51.2 cm³/mol. The number of hydrogen-bond acceptors (Lipinski definition) is 3. The van der Waals surface area contributed by atoms with E-state index in [1.165, 1.54) is 17.1 Å². The van der Waals surface area contributed by atoms with E-state index >= 15 is 0 Å². The molecule has 66 valence electrons. The number of hydrogen-bond donors (Lipinski definition) is 0. The van der Waals surface area contributed by atoms with Gasteiger partial charge >= 0.3 is 0 Å². The second kappa shape index (κ2) is 3.62. The van der Waals surface area contributed by atoms with Gasteiger partial charge in [-0.2, -0.15) is 0 Å². The summed E-state index contributed by atoms with van der Waals surface area (Å²) >= 11 is 1.42. The van der Waals surface area contributed by atoms with Gasteiger partial charge in [0.15, 0.2) is 12.4 Å². The Bertz CT molecular complexity index is 366. The predicted octanol–water partition coefficient (Wildman–Crippen LogP) is 1.51. The molecule has 0 amide bonds. The Morgan fingerprint density at radius 1 is 1.38 bits per heavy atom. The highest BCUT2D eigenvalue weighted by Gasteiger charge is 2.02. The van der Waals surface area contributed by atoms with E-state index in [-0.39, 0.29) is 0 Å². The molecule has 0 radical (unpaired) electrons. The van der Waals surface area contributed by atoms with Crippen molar-refractivity contribution in [2.45, 2.75) is 13.5 Å². The molecule has 2 heterocycles. The molecule has 4 heteroatoms. The molecule has 0 aromatic carbocycles.